The topological polar surface area (TPSA) is 59.6 Å². The van der Waals surface area contributed by atoms with E-state index in [2.05, 4.69) is 40.9 Å². The lowest BCUT2D eigenvalue weighted by atomic mass is 9.83. The maximum atomic E-state index is 14.8. The van der Waals surface area contributed by atoms with Crippen LogP contribution in [0.25, 0.3) is 6.08 Å². The first kappa shape index (κ1) is 20.7. The van der Waals surface area contributed by atoms with Crippen LogP contribution in [0.4, 0.5) is 24.5 Å². The van der Waals surface area contributed by atoms with Gasteiger partial charge in [-0.05, 0) is 59.2 Å². The molecule has 1 fully saturated rings. The Balaban J connectivity index is 1.41. The molecule has 0 unspecified atom stereocenters. The number of halogens is 3. The van der Waals surface area contributed by atoms with Gasteiger partial charge >= 0.3 is 6.29 Å². The molecule has 2 aromatic rings. The molecule has 0 saturated heterocycles. The number of benzene rings is 2. The van der Waals surface area contributed by atoms with Crippen molar-refractivity contribution in [2.75, 3.05) is 17.2 Å². The van der Waals surface area contributed by atoms with Gasteiger partial charge in [0.25, 0.3) is 0 Å². The zero-order valence-electron chi connectivity index (χ0n) is 17.9. The summed E-state index contributed by atoms with van der Waals surface area (Å²) in [5.74, 6) is -1.12. The highest BCUT2D eigenvalue weighted by atomic mass is 19.3. The summed E-state index contributed by atoms with van der Waals surface area (Å²) in [6.45, 7) is 6.95. The third kappa shape index (κ3) is 3.47. The molecule has 1 saturated carbocycles. The first-order valence-electron chi connectivity index (χ1n) is 10.5. The summed E-state index contributed by atoms with van der Waals surface area (Å²) in [4.78, 5) is 13.1. The largest absolute Gasteiger partial charge is 0.586 e. The van der Waals surface area contributed by atoms with Crippen molar-refractivity contribution in [2.24, 2.45) is 5.41 Å². The number of hydrogen-bond acceptors (Lipinski definition) is 4. The molecular formula is C24H23F3N2O3. The Morgan fingerprint density at radius 1 is 1.09 bits per heavy atom. The number of hydrogen-bond donors (Lipinski definition) is 2. The molecule has 5 nitrogen and oxygen atoms in total. The van der Waals surface area contributed by atoms with Gasteiger partial charge in [-0.25, -0.2) is 4.39 Å². The minimum atomic E-state index is -3.72. The molecule has 2 aliphatic heterocycles. The molecule has 2 heterocycles. The Morgan fingerprint density at radius 3 is 2.50 bits per heavy atom. The number of anilines is 2. The molecule has 0 aromatic heterocycles. The summed E-state index contributed by atoms with van der Waals surface area (Å²) >= 11 is 0. The molecule has 1 amide bonds. The van der Waals surface area contributed by atoms with Crippen molar-refractivity contribution < 1.29 is 27.4 Å². The van der Waals surface area contributed by atoms with Gasteiger partial charge in [-0.1, -0.05) is 32.9 Å². The lowest BCUT2D eigenvalue weighted by Gasteiger charge is -2.28. The highest BCUT2D eigenvalue weighted by Gasteiger charge is 2.53. The van der Waals surface area contributed by atoms with Gasteiger partial charge in [0.1, 0.15) is 5.82 Å². The number of ether oxygens (including phenoxy) is 2. The van der Waals surface area contributed by atoms with Gasteiger partial charge in [-0.3, -0.25) is 4.79 Å². The van der Waals surface area contributed by atoms with Crippen molar-refractivity contribution in [1.82, 2.24) is 0 Å². The summed E-state index contributed by atoms with van der Waals surface area (Å²) in [5, 5.41) is 5.94. The Kier molecular flexibility index (Phi) is 4.32. The molecular weight excluding hydrogens is 421 g/mol. The first-order valence-corrected chi connectivity index (χ1v) is 10.5. The molecule has 8 heteroatoms. The fourth-order valence-corrected chi connectivity index (χ4v) is 4.13. The van der Waals surface area contributed by atoms with Crippen LogP contribution in [0, 0.1) is 11.2 Å². The number of amides is 1. The fraction of sp³-hybridized carbons (Fsp3) is 0.375. The summed E-state index contributed by atoms with van der Waals surface area (Å²) in [6, 6.07) is 7.33. The smallest absolute Gasteiger partial charge is 0.395 e. The van der Waals surface area contributed by atoms with Gasteiger partial charge in [0, 0.05) is 12.2 Å². The predicted octanol–water partition coefficient (Wildman–Crippen LogP) is 5.67. The van der Waals surface area contributed by atoms with Crippen molar-refractivity contribution in [2.45, 2.75) is 45.3 Å². The molecule has 0 spiro atoms. The van der Waals surface area contributed by atoms with E-state index < -0.39 is 17.5 Å². The Morgan fingerprint density at radius 2 is 1.81 bits per heavy atom. The zero-order valence-corrected chi connectivity index (χ0v) is 17.9. The summed E-state index contributed by atoms with van der Waals surface area (Å²) in [7, 11) is 0. The molecule has 5 rings (SSSR count). The van der Waals surface area contributed by atoms with Gasteiger partial charge in [0.05, 0.1) is 11.1 Å². The Hall–Kier alpha value is -3.16. The van der Waals surface area contributed by atoms with Crippen molar-refractivity contribution in [3.05, 3.63) is 52.8 Å². The maximum absolute atomic E-state index is 14.8. The van der Waals surface area contributed by atoms with Gasteiger partial charge in [-0.2, -0.15) is 0 Å². The quantitative estimate of drug-likeness (QED) is 0.640. The number of nitrogens with one attached hydrogen (secondary N) is 2. The number of rotatable bonds is 3. The molecule has 1 aliphatic carbocycles. The van der Waals surface area contributed by atoms with Crippen LogP contribution in [0.2, 0.25) is 0 Å². The highest BCUT2D eigenvalue weighted by molar-refractivity contribution is 6.02. The Labute approximate surface area is 183 Å². The average Bonchev–Trinajstić information content (AvgIpc) is 3.44. The van der Waals surface area contributed by atoms with Crippen molar-refractivity contribution in [1.29, 1.82) is 0 Å². The minimum absolute atomic E-state index is 0.0449. The first-order chi connectivity index (χ1) is 15.0. The molecule has 0 atom stereocenters. The SMILES string of the molecule is CC(C)(C)C1=Cc2cc(NC(=O)C3(c4ccc5c(c4)OC(F)(F)O5)CC3)c(F)cc2NC1. The van der Waals surface area contributed by atoms with Crippen LogP contribution >= 0.6 is 0 Å². The minimum Gasteiger partial charge on any atom is -0.395 e. The van der Waals surface area contributed by atoms with Crippen LogP contribution in [-0.2, 0) is 10.2 Å². The van der Waals surface area contributed by atoms with E-state index in [1.807, 2.05) is 6.08 Å². The van der Waals surface area contributed by atoms with E-state index >= 15 is 0 Å². The van der Waals surface area contributed by atoms with Crippen molar-refractivity contribution in [3.8, 4) is 11.5 Å². The Bertz CT molecular complexity index is 1160. The lowest BCUT2D eigenvalue weighted by Crippen LogP contribution is -2.28. The van der Waals surface area contributed by atoms with Gasteiger partial charge in [0.15, 0.2) is 11.5 Å². The van der Waals surface area contributed by atoms with Crippen LogP contribution in [0.1, 0.15) is 44.7 Å². The zero-order chi connectivity index (χ0) is 22.9. The second kappa shape index (κ2) is 6.67. The van der Waals surface area contributed by atoms with Crippen molar-refractivity contribution >= 4 is 23.4 Å². The molecule has 0 radical (unpaired) electrons. The van der Waals surface area contributed by atoms with E-state index in [-0.39, 0.29) is 28.5 Å². The second-order valence-electron chi connectivity index (χ2n) is 9.56. The van der Waals surface area contributed by atoms with Crippen LogP contribution in [0.3, 0.4) is 0 Å². The van der Waals surface area contributed by atoms with E-state index in [0.717, 1.165) is 5.56 Å². The number of carbonyl (C=O) groups is 1. The predicted molar refractivity (Wildman–Crippen MR) is 115 cm³/mol. The summed E-state index contributed by atoms with van der Waals surface area (Å²) < 4.78 is 50.4. The molecule has 2 N–H and O–H groups in total. The van der Waals surface area contributed by atoms with Crippen LogP contribution in [0.15, 0.2) is 35.9 Å². The van der Waals surface area contributed by atoms with E-state index in [9.17, 15) is 18.0 Å². The van der Waals surface area contributed by atoms with Crippen molar-refractivity contribution in [3.63, 3.8) is 0 Å². The normalized spacial score (nSPS) is 19.5. The molecule has 0 bridgehead atoms. The molecule has 32 heavy (non-hydrogen) atoms. The maximum Gasteiger partial charge on any atom is 0.586 e. The average molecular weight is 444 g/mol. The van der Waals surface area contributed by atoms with Gasteiger partial charge in [-0.15, -0.1) is 8.78 Å². The summed E-state index contributed by atoms with van der Waals surface area (Å²) in [5.41, 5.74) is 2.30. The highest BCUT2D eigenvalue weighted by Crippen LogP contribution is 2.52. The van der Waals surface area contributed by atoms with E-state index in [1.165, 1.54) is 23.8 Å². The monoisotopic (exact) mass is 444 g/mol. The van der Waals surface area contributed by atoms with E-state index in [4.69, 9.17) is 0 Å². The third-order valence-electron chi connectivity index (χ3n) is 6.29. The third-order valence-corrected chi connectivity index (χ3v) is 6.29. The number of carbonyl (C=O) groups excluding carboxylic acids is 1. The van der Waals surface area contributed by atoms with Crippen LogP contribution in [-0.4, -0.2) is 18.7 Å². The van der Waals surface area contributed by atoms with Crippen LogP contribution < -0.4 is 20.1 Å². The van der Waals surface area contributed by atoms with Gasteiger partial charge in [0.2, 0.25) is 5.91 Å². The second-order valence-corrected chi connectivity index (χ2v) is 9.56. The van der Waals surface area contributed by atoms with E-state index in [0.29, 0.717) is 30.6 Å². The standard InChI is InChI=1S/C24H23F3N2O3/c1-22(2,3)15-8-13-9-18(16(25)11-17(13)28-12-15)29-21(30)23(6-7-23)14-4-5-19-20(10-14)32-24(26,27)31-19/h4-5,8-11,28H,6-7,12H2,1-3H3,(H,29,30). The van der Waals surface area contributed by atoms with E-state index in [1.54, 1.807) is 12.1 Å². The van der Waals surface area contributed by atoms with Crippen LogP contribution in [0.5, 0.6) is 11.5 Å². The fourth-order valence-electron chi connectivity index (χ4n) is 4.13. The number of fused-ring (bicyclic) bond motifs is 2. The molecule has 2 aromatic carbocycles. The molecule has 168 valence electrons. The summed E-state index contributed by atoms with van der Waals surface area (Å²) in [6.07, 6.45) is -0.653. The lowest BCUT2D eigenvalue weighted by molar-refractivity contribution is -0.286. The van der Waals surface area contributed by atoms with Gasteiger partial charge < -0.3 is 20.1 Å². The molecule has 3 aliphatic rings. The number of alkyl halides is 2.